The molecule has 0 aliphatic carbocycles. The minimum absolute atomic E-state index is 0. The molecule has 0 spiro atoms. The number of nitrogens with zero attached hydrogens (tertiary/aromatic N) is 2. The number of nitrogens with one attached hydrogen (secondary N) is 2. The van der Waals surface area contributed by atoms with Crippen LogP contribution in [-0.2, 0) is 0 Å². The van der Waals surface area contributed by atoms with E-state index in [2.05, 4.69) is 22.5 Å². The van der Waals surface area contributed by atoms with Crippen LogP contribution in [0, 0.1) is 19.3 Å². The van der Waals surface area contributed by atoms with Crippen molar-refractivity contribution in [3.63, 3.8) is 0 Å². The van der Waals surface area contributed by atoms with Crippen LogP contribution >= 0.6 is 24.8 Å². The van der Waals surface area contributed by atoms with E-state index in [-0.39, 0.29) is 36.1 Å². The van der Waals surface area contributed by atoms with Crippen molar-refractivity contribution < 1.29 is 4.79 Å². The van der Waals surface area contributed by atoms with Crippen molar-refractivity contribution in [2.24, 2.45) is 5.41 Å². The summed E-state index contributed by atoms with van der Waals surface area (Å²) in [7, 11) is 0. The summed E-state index contributed by atoms with van der Waals surface area (Å²) in [6.07, 6.45) is 3.96. The molecule has 0 unspecified atom stereocenters. The standard InChI is InChI=1S/C19H26N4O.2ClH/c1-14-12-16(15(2)23(14)17-6-4-5-9-21-17)18(24)22-13-19(3)7-10-20-11-8-19;;/h4-6,9,12,20H,7-8,10-11,13H2,1-3H3,(H,22,24);2*1H. The summed E-state index contributed by atoms with van der Waals surface area (Å²) in [5, 5.41) is 6.52. The van der Waals surface area contributed by atoms with Crippen molar-refractivity contribution >= 4 is 30.7 Å². The Morgan fingerprint density at radius 2 is 1.96 bits per heavy atom. The smallest absolute Gasteiger partial charge is 0.253 e. The molecule has 5 nitrogen and oxygen atoms in total. The number of piperidine rings is 1. The number of rotatable bonds is 4. The number of halogens is 2. The van der Waals surface area contributed by atoms with Crippen LogP contribution in [-0.4, -0.2) is 35.1 Å². The van der Waals surface area contributed by atoms with Crippen molar-refractivity contribution in [3.8, 4) is 5.82 Å². The molecular formula is C19H28Cl2N4O. The fourth-order valence-corrected chi connectivity index (χ4v) is 3.43. The Morgan fingerprint density at radius 1 is 1.27 bits per heavy atom. The van der Waals surface area contributed by atoms with Gasteiger partial charge in [0, 0.05) is 24.1 Å². The average Bonchev–Trinajstić information content (AvgIpc) is 2.89. The lowest BCUT2D eigenvalue weighted by Gasteiger charge is -2.34. The first-order valence-corrected chi connectivity index (χ1v) is 8.59. The van der Waals surface area contributed by atoms with E-state index in [4.69, 9.17) is 0 Å². The second kappa shape index (κ2) is 9.40. The monoisotopic (exact) mass is 398 g/mol. The third-order valence-electron chi connectivity index (χ3n) is 5.04. The Balaban J connectivity index is 0.00000169. The summed E-state index contributed by atoms with van der Waals surface area (Å²) >= 11 is 0. The Kier molecular flexibility index (Phi) is 8.13. The minimum atomic E-state index is 0. The first-order valence-electron chi connectivity index (χ1n) is 8.59. The van der Waals surface area contributed by atoms with Crippen molar-refractivity contribution in [1.82, 2.24) is 20.2 Å². The fourth-order valence-electron chi connectivity index (χ4n) is 3.43. The lowest BCUT2D eigenvalue weighted by atomic mass is 9.81. The highest BCUT2D eigenvalue weighted by Crippen LogP contribution is 2.27. The normalized spacial score (nSPS) is 15.5. The highest BCUT2D eigenvalue weighted by atomic mass is 35.5. The minimum Gasteiger partial charge on any atom is -0.351 e. The topological polar surface area (TPSA) is 59.0 Å². The van der Waals surface area contributed by atoms with Gasteiger partial charge in [0.1, 0.15) is 5.82 Å². The Morgan fingerprint density at radius 3 is 2.58 bits per heavy atom. The van der Waals surface area contributed by atoms with E-state index in [0.29, 0.717) is 0 Å². The Bertz CT molecular complexity index is 725. The van der Waals surface area contributed by atoms with Crippen molar-refractivity contribution in [3.05, 3.63) is 47.4 Å². The van der Waals surface area contributed by atoms with Gasteiger partial charge in [-0.2, -0.15) is 0 Å². The third-order valence-corrected chi connectivity index (χ3v) is 5.04. The van der Waals surface area contributed by atoms with E-state index in [1.807, 2.05) is 42.7 Å². The summed E-state index contributed by atoms with van der Waals surface area (Å²) in [6.45, 7) is 9.02. The molecule has 2 N–H and O–H groups in total. The van der Waals surface area contributed by atoms with Crippen molar-refractivity contribution in [2.75, 3.05) is 19.6 Å². The van der Waals surface area contributed by atoms with Gasteiger partial charge in [0.25, 0.3) is 5.91 Å². The predicted molar refractivity (Wildman–Crippen MR) is 110 cm³/mol. The van der Waals surface area contributed by atoms with E-state index in [1.165, 1.54) is 0 Å². The first-order chi connectivity index (χ1) is 11.5. The molecule has 3 heterocycles. The van der Waals surface area contributed by atoms with Crippen LogP contribution < -0.4 is 10.6 Å². The number of aryl methyl sites for hydroxylation is 1. The van der Waals surface area contributed by atoms with Crippen LogP contribution in [0.4, 0.5) is 0 Å². The number of hydrogen-bond acceptors (Lipinski definition) is 3. The van der Waals surface area contributed by atoms with Gasteiger partial charge in [0.05, 0.1) is 5.56 Å². The summed E-state index contributed by atoms with van der Waals surface area (Å²) in [5.41, 5.74) is 2.87. The average molecular weight is 399 g/mol. The van der Waals surface area contributed by atoms with Crippen LogP contribution in [0.25, 0.3) is 5.82 Å². The van der Waals surface area contributed by atoms with E-state index < -0.39 is 0 Å². The molecule has 7 heteroatoms. The van der Waals surface area contributed by atoms with E-state index in [0.717, 1.165) is 55.2 Å². The van der Waals surface area contributed by atoms with Gasteiger partial charge >= 0.3 is 0 Å². The highest BCUT2D eigenvalue weighted by molar-refractivity contribution is 5.95. The lowest BCUT2D eigenvalue weighted by Crippen LogP contribution is -2.43. The molecular weight excluding hydrogens is 371 g/mol. The molecule has 0 radical (unpaired) electrons. The van der Waals surface area contributed by atoms with Gasteiger partial charge in [-0.25, -0.2) is 4.98 Å². The van der Waals surface area contributed by atoms with Gasteiger partial charge in [0.15, 0.2) is 0 Å². The summed E-state index contributed by atoms with van der Waals surface area (Å²) in [5.74, 6) is 0.849. The largest absolute Gasteiger partial charge is 0.351 e. The maximum absolute atomic E-state index is 12.7. The van der Waals surface area contributed by atoms with E-state index >= 15 is 0 Å². The maximum atomic E-state index is 12.7. The van der Waals surface area contributed by atoms with Gasteiger partial charge in [-0.05, 0) is 63.4 Å². The molecule has 1 amide bonds. The van der Waals surface area contributed by atoms with Gasteiger partial charge < -0.3 is 15.2 Å². The SMILES string of the molecule is Cc1cc(C(=O)NCC2(C)CCNCC2)c(C)n1-c1ccccn1.Cl.Cl. The van der Waals surface area contributed by atoms with Gasteiger partial charge in [-0.1, -0.05) is 13.0 Å². The molecule has 0 saturated carbocycles. The van der Waals surface area contributed by atoms with Gasteiger partial charge in [-0.3, -0.25) is 4.79 Å². The molecule has 3 rings (SSSR count). The lowest BCUT2D eigenvalue weighted by molar-refractivity contribution is 0.0921. The Labute approximate surface area is 167 Å². The first kappa shape index (κ1) is 22.5. The second-order valence-corrected chi connectivity index (χ2v) is 7.05. The molecule has 1 saturated heterocycles. The Hall–Kier alpha value is -1.56. The van der Waals surface area contributed by atoms with Crippen molar-refractivity contribution in [1.29, 1.82) is 0 Å². The molecule has 1 fully saturated rings. The van der Waals surface area contributed by atoms with E-state index in [9.17, 15) is 4.79 Å². The molecule has 2 aromatic heterocycles. The number of carbonyl (C=O) groups excluding carboxylic acids is 1. The summed E-state index contributed by atoms with van der Waals surface area (Å²) in [6, 6.07) is 7.76. The maximum Gasteiger partial charge on any atom is 0.253 e. The van der Waals surface area contributed by atoms with Gasteiger partial charge in [0.2, 0.25) is 0 Å². The van der Waals surface area contributed by atoms with Crippen LogP contribution in [0.2, 0.25) is 0 Å². The van der Waals surface area contributed by atoms with Crippen LogP contribution in [0.1, 0.15) is 41.5 Å². The molecule has 0 aromatic carbocycles. The molecule has 0 bridgehead atoms. The predicted octanol–water partition coefficient (Wildman–Crippen LogP) is 3.45. The molecule has 2 aromatic rings. The number of pyridine rings is 1. The summed E-state index contributed by atoms with van der Waals surface area (Å²) in [4.78, 5) is 17.1. The summed E-state index contributed by atoms with van der Waals surface area (Å²) < 4.78 is 2.03. The number of amides is 1. The molecule has 144 valence electrons. The van der Waals surface area contributed by atoms with Crippen LogP contribution in [0.5, 0.6) is 0 Å². The zero-order valence-electron chi connectivity index (χ0n) is 15.5. The molecule has 1 aliphatic rings. The fraction of sp³-hybridized carbons (Fsp3) is 0.474. The second-order valence-electron chi connectivity index (χ2n) is 7.05. The third kappa shape index (κ3) is 4.78. The number of aromatic nitrogens is 2. The van der Waals surface area contributed by atoms with Crippen molar-refractivity contribution in [2.45, 2.75) is 33.6 Å². The van der Waals surface area contributed by atoms with E-state index in [1.54, 1.807) is 6.20 Å². The molecule has 1 aliphatic heterocycles. The highest BCUT2D eigenvalue weighted by Gasteiger charge is 2.27. The molecule has 26 heavy (non-hydrogen) atoms. The van der Waals surface area contributed by atoms with Crippen LogP contribution in [0.3, 0.4) is 0 Å². The quantitative estimate of drug-likeness (QED) is 0.828. The van der Waals surface area contributed by atoms with Gasteiger partial charge in [-0.15, -0.1) is 24.8 Å². The number of hydrogen-bond donors (Lipinski definition) is 2. The zero-order valence-corrected chi connectivity index (χ0v) is 17.2. The zero-order chi connectivity index (χ0) is 17.2. The molecule has 0 atom stereocenters. The number of carbonyl (C=O) groups is 1. The van der Waals surface area contributed by atoms with Crippen LogP contribution in [0.15, 0.2) is 30.5 Å².